The molecule has 0 aliphatic carbocycles. The molecule has 3 nitrogen and oxygen atoms in total. The highest BCUT2D eigenvalue weighted by atomic mass is 19.1. The summed E-state index contributed by atoms with van der Waals surface area (Å²) in [5.41, 5.74) is 0.286. The Kier molecular flexibility index (Phi) is 3.37. The van der Waals surface area contributed by atoms with Crippen LogP contribution in [0.15, 0.2) is 36.7 Å². The highest BCUT2D eigenvalue weighted by molar-refractivity contribution is 6.32. The number of halogens is 2. The van der Waals surface area contributed by atoms with Gasteiger partial charge in [0.15, 0.2) is 0 Å². The van der Waals surface area contributed by atoms with Crippen molar-refractivity contribution >= 4 is 24.9 Å². The van der Waals surface area contributed by atoms with Gasteiger partial charge in [-0.25, -0.2) is 8.78 Å². The van der Waals surface area contributed by atoms with Crippen LogP contribution in [0.2, 0.25) is 0 Å². The molecule has 2 rings (SSSR count). The molecular formula is C12H7BF2N2O. The third kappa shape index (κ3) is 2.71. The Balaban J connectivity index is 2.24. The minimum Gasteiger partial charge on any atom is -0.321 e. The Morgan fingerprint density at radius 1 is 1.22 bits per heavy atom. The van der Waals surface area contributed by atoms with Crippen LogP contribution in [-0.4, -0.2) is 18.7 Å². The number of carbonyl (C=O) groups is 1. The van der Waals surface area contributed by atoms with E-state index in [1.165, 1.54) is 18.5 Å². The van der Waals surface area contributed by atoms with Crippen LogP contribution in [0.1, 0.15) is 10.4 Å². The second kappa shape index (κ2) is 4.95. The zero-order valence-electron chi connectivity index (χ0n) is 9.15. The zero-order valence-corrected chi connectivity index (χ0v) is 9.15. The van der Waals surface area contributed by atoms with Gasteiger partial charge in [0.2, 0.25) is 0 Å². The molecule has 0 bridgehead atoms. The molecule has 0 fully saturated rings. The first kappa shape index (κ1) is 12.2. The summed E-state index contributed by atoms with van der Waals surface area (Å²) < 4.78 is 26.3. The van der Waals surface area contributed by atoms with Gasteiger partial charge in [-0.15, -0.1) is 0 Å². The van der Waals surface area contributed by atoms with Crippen molar-refractivity contribution in [2.24, 2.45) is 0 Å². The molecule has 2 radical (unpaired) electrons. The molecular weight excluding hydrogens is 237 g/mol. The summed E-state index contributed by atoms with van der Waals surface area (Å²) in [4.78, 5) is 15.5. The first-order valence-corrected chi connectivity index (χ1v) is 5.03. The highest BCUT2D eigenvalue weighted by Crippen LogP contribution is 2.12. The number of hydrogen-bond acceptors (Lipinski definition) is 2. The summed E-state index contributed by atoms with van der Waals surface area (Å²) >= 11 is 0. The lowest BCUT2D eigenvalue weighted by atomic mass is 9.99. The lowest BCUT2D eigenvalue weighted by Crippen LogP contribution is -2.16. The Bertz CT molecular complexity index is 604. The lowest BCUT2D eigenvalue weighted by Gasteiger charge is -2.06. The van der Waals surface area contributed by atoms with E-state index in [0.29, 0.717) is 11.2 Å². The Hall–Kier alpha value is -2.24. The Morgan fingerprint density at radius 3 is 2.72 bits per heavy atom. The maximum atomic E-state index is 13.3. The van der Waals surface area contributed by atoms with E-state index < -0.39 is 17.5 Å². The van der Waals surface area contributed by atoms with Crippen molar-refractivity contribution in [1.29, 1.82) is 0 Å². The predicted molar refractivity (Wildman–Crippen MR) is 63.9 cm³/mol. The van der Waals surface area contributed by atoms with Crippen molar-refractivity contribution in [1.82, 2.24) is 4.98 Å². The Labute approximate surface area is 103 Å². The van der Waals surface area contributed by atoms with Crippen LogP contribution in [0, 0.1) is 11.6 Å². The quantitative estimate of drug-likeness (QED) is 0.811. The maximum absolute atomic E-state index is 13.3. The summed E-state index contributed by atoms with van der Waals surface area (Å²) in [6, 6.07) is 4.11. The number of nitrogens with one attached hydrogen (secondary N) is 1. The minimum absolute atomic E-state index is 0.309. The first-order chi connectivity index (χ1) is 8.56. The second-order valence-electron chi connectivity index (χ2n) is 3.59. The lowest BCUT2D eigenvalue weighted by molar-refractivity contribution is 0.102. The molecule has 2 aromatic rings. The molecule has 1 N–H and O–H groups in total. The normalized spacial score (nSPS) is 10.1. The standard InChI is InChI=1S/C12H7BF2N2O/c13-7-3-9(6-16-5-7)17-12(18)10-4-8(14)1-2-11(10)15/h1-6H,(H,17,18). The average molecular weight is 244 g/mol. The van der Waals surface area contributed by atoms with Gasteiger partial charge in [-0.05, 0) is 24.3 Å². The van der Waals surface area contributed by atoms with Crippen LogP contribution >= 0.6 is 0 Å². The van der Waals surface area contributed by atoms with Gasteiger partial charge < -0.3 is 5.32 Å². The van der Waals surface area contributed by atoms with Crippen molar-refractivity contribution in [3.63, 3.8) is 0 Å². The predicted octanol–water partition coefficient (Wildman–Crippen LogP) is 1.41. The molecule has 1 heterocycles. The number of amides is 1. The van der Waals surface area contributed by atoms with Crippen molar-refractivity contribution < 1.29 is 13.6 Å². The van der Waals surface area contributed by atoms with Gasteiger partial charge in [-0.3, -0.25) is 9.78 Å². The molecule has 0 spiro atoms. The third-order valence-corrected chi connectivity index (χ3v) is 2.19. The van der Waals surface area contributed by atoms with Gasteiger partial charge in [0.05, 0.1) is 17.4 Å². The second-order valence-corrected chi connectivity index (χ2v) is 3.59. The smallest absolute Gasteiger partial charge is 0.258 e. The molecule has 0 atom stereocenters. The number of carbonyl (C=O) groups excluding carboxylic acids is 1. The molecule has 1 aromatic carbocycles. The fourth-order valence-corrected chi connectivity index (χ4v) is 1.40. The maximum Gasteiger partial charge on any atom is 0.258 e. The zero-order chi connectivity index (χ0) is 13.1. The van der Waals surface area contributed by atoms with Crippen molar-refractivity contribution in [3.8, 4) is 0 Å². The van der Waals surface area contributed by atoms with Gasteiger partial charge in [-0.2, -0.15) is 0 Å². The minimum atomic E-state index is -0.800. The third-order valence-electron chi connectivity index (χ3n) is 2.19. The van der Waals surface area contributed by atoms with E-state index in [0.717, 1.165) is 18.2 Å². The van der Waals surface area contributed by atoms with E-state index in [1.807, 2.05) is 0 Å². The molecule has 1 amide bonds. The number of rotatable bonds is 2. The number of pyridine rings is 1. The molecule has 0 aliphatic rings. The van der Waals surface area contributed by atoms with Crippen LogP contribution in [0.5, 0.6) is 0 Å². The van der Waals surface area contributed by atoms with E-state index >= 15 is 0 Å². The van der Waals surface area contributed by atoms with Gasteiger partial charge in [-0.1, -0.05) is 5.46 Å². The SMILES string of the molecule is [B]c1cncc(NC(=O)c2cc(F)ccc2F)c1. The van der Waals surface area contributed by atoms with Crippen molar-refractivity contribution in [2.45, 2.75) is 0 Å². The van der Waals surface area contributed by atoms with Crippen LogP contribution in [0.25, 0.3) is 0 Å². The summed E-state index contributed by atoms with van der Waals surface area (Å²) in [7, 11) is 5.48. The van der Waals surface area contributed by atoms with E-state index in [9.17, 15) is 13.6 Å². The van der Waals surface area contributed by atoms with Crippen LogP contribution in [-0.2, 0) is 0 Å². The van der Waals surface area contributed by atoms with Crippen LogP contribution < -0.4 is 10.8 Å². The molecule has 6 heteroatoms. The molecule has 0 saturated carbocycles. The number of anilines is 1. The summed E-state index contributed by atoms with van der Waals surface area (Å²) in [6.07, 6.45) is 2.75. The summed E-state index contributed by atoms with van der Waals surface area (Å²) in [5, 5.41) is 2.38. The molecule has 0 aliphatic heterocycles. The summed E-state index contributed by atoms with van der Waals surface area (Å²) in [6.45, 7) is 0. The monoisotopic (exact) mass is 244 g/mol. The van der Waals surface area contributed by atoms with Crippen molar-refractivity contribution in [2.75, 3.05) is 5.32 Å². The molecule has 0 unspecified atom stereocenters. The van der Waals surface area contributed by atoms with Gasteiger partial charge in [0.1, 0.15) is 19.5 Å². The topological polar surface area (TPSA) is 42.0 Å². The largest absolute Gasteiger partial charge is 0.321 e. The number of hydrogen-bond donors (Lipinski definition) is 1. The number of benzene rings is 1. The highest BCUT2D eigenvalue weighted by Gasteiger charge is 2.13. The van der Waals surface area contributed by atoms with Gasteiger partial charge in [0, 0.05) is 6.20 Å². The summed E-state index contributed by atoms with van der Waals surface area (Å²) in [5.74, 6) is -2.25. The number of aromatic nitrogens is 1. The molecule has 0 saturated heterocycles. The van der Waals surface area contributed by atoms with Crippen LogP contribution in [0.4, 0.5) is 14.5 Å². The fraction of sp³-hybridized carbons (Fsp3) is 0. The molecule has 88 valence electrons. The van der Waals surface area contributed by atoms with E-state index in [2.05, 4.69) is 10.3 Å². The van der Waals surface area contributed by atoms with Crippen LogP contribution in [0.3, 0.4) is 0 Å². The van der Waals surface area contributed by atoms with Gasteiger partial charge in [0.25, 0.3) is 5.91 Å². The van der Waals surface area contributed by atoms with Gasteiger partial charge >= 0.3 is 0 Å². The van der Waals surface area contributed by atoms with E-state index in [4.69, 9.17) is 7.85 Å². The first-order valence-electron chi connectivity index (χ1n) is 5.03. The molecule has 18 heavy (non-hydrogen) atoms. The van der Waals surface area contributed by atoms with Crippen molar-refractivity contribution in [3.05, 3.63) is 53.9 Å². The van der Waals surface area contributed by atoms with E-state index in [1.54, 1.807) is 0 Å². The van der Waals surface area contributed by atoms with E-state index in [-0.39, 0.29) is 5.56 Å². The number of nitrogens with zero attached hydrogens (tertiary/aromatic N) is 1. The fourth-order valence-electron chi connectivity index (χ4n) is 1.40. The average Bonchev–Trinajstić information content (AvgIpc) is 2.32. The molecule has 1 aromatic heterocycles. The Morgan fingerprint density at radius 2 is 2.00 bits per heavy atom.